The molecule has 0 aliphatic carbocycles. The normalized spacial score (nSPS) is 10.3. The Labute approximate surface area is 123 Å². The lowest BCUT2D eigenvalue weighted by atomic mass is 10.1. The third kappa shape index (κ3) is 3.12. The highest BCUT2D eigenvalue weighted by Crippen LogP contribution is 2.20. The Morgan fingerprint density at radius 2 is 2.30 bits per heavy atom. The van der Waals surface area contributed by atoms with E-state index in [2.05, 4.69) is 10.3 Å². The summed E-state index contributed by atoms with van der Waals surface area (Å²) in [6.07, 6.45) is 0. The zero-order chi connectivity index (χ0) is 14.7. The molecule has 104 valence electrons. The van der Waals surface area contributed by atoms with Gasteiger partial charge in [0.2, 0.25) is 0 Å². The Bertz CT molecular complexity index is 672. The molecule has 0 saturated heterocycles. The molecule has 1 amide bonds. The second kappa shape index (κ2) is 5.98. The van der Waals surface area contributed by atoms with Crippen LogP contribution in [-0.4, -0.2) is 15.8 Å². The van der Waals surface area contributed by atoms with Crippen LogP contribution >= 0.6 is 22.9 Å². The summed E-state index contributed by atoms with van der Waals surface area (Å²) in [4.78, 5) is 26.3. The van der Waals surface area contributed by atoms with Crippen LogP contribution in [-0.2, 0) is 5.88 Å². The van der Waals surface area contributed by atoms with Crippen LogP contribution in [0, 0.1) is 17.0 Å². The van der Waals surface area contributed by atoms with Gasteiger partial charge in [0.25, 0.3) is 11.6 Å². The first-order valence-electron chi connectivity index (χ1n) is 5.58. The lowest BCUT2D eigenvalue weighted by Gasteiger charge is -2.05. The second-order valence-electron chi connectivity index (χ2n) is 3.99. The number of carbonyl (C=O) groups excluding carboxylic acids is 1. The predicted molar refractivity (Wildman–Crippen MR) is 77.5 cm³/mol. The highest BCUT2D eigenvalue weighted by atomic mass is 35.5. The molecule has 1 aromatic carbocycles. The monoisotopic (exact) mass is 311 g/mol. The van der Waals surface area contributed by atoms with Crippen LogP contribution in [0.5, 0.6) is 0 Å². The van der Waals surface area contributed by atoms with Crippen molar-refractivity contribution in [2.75, 3.05) is 5.32 Å². The number of nitrogens with one attached hydrogen (secondary N) is 1. The van der Waals surface area contributed by atoms with Crippen LogP contribution in [0.25, 0.3) is 0 Å². The molecule has 0 unspecified atom stereocenters. The number of halogens is 1. The molecule has 0 saturated carbocycles. The van der Waals surface area contributed by atoms with Gasteiger partial charge in [-0.2, -0.15) is 0 Å². The highest BCUT2D eigenvalue weighted by Gasteiger charge is 2.14. The van der Waals surface area contributed by atoms with Gasteiger partial charge in [0.15, 0.2) is 5.13 Å². The Hall–Kier alpha value is -1.99. The minimum absolute atomic E-state index is 0.0438. The smallest absolute Gasteiger partial charge is 0.269 e. The summed E-state index contributed by atoms with van der Waals surface area (Å²) in [5.74, 6) is -0.0731. The Kier molecular flexibility index (Phi) is 4.31. The maximum Gasteiger partial charge on any atom is 0.269 e. The van der Waals surface area contributed by atoms with E-state index in [1.807, 2.05) is 0 Å². The molecule has 1 heterocycles. The van der Waals surface area contributed by atoms with E-state index in [9.17, 15) is 14.9 Å². The largest absolute Gasteiger partial charge is 0.298 e. The van der Waals surface area contributed by atoms with E-state index in [0.29, 0.717) is 22.0 Å². The number of non-ortho nitro benzene ring substituents is 1. The molecule has 0 atom stereocenters. The molecule has 20 heavy (non-hydrogen) atoms. The summed E-state index contributed by atoms with van der Waals surface area (Å²) in [5.41, 5.74) is 1.55. The molecule has 6 nitrogen and oxygen atoms in total. The van der Waals surface area contributed by atoms with E-state index in [4.69, 9.17) is 11.6 Å². The van der Waals surface area contributed by atoms with Crippen molar-refractivity contribution in [2.24, 2.45) is 0 Å². The van der Waals surface area contributed by atoms with E-state index in [-0.39, 0.29) is 17.5 Å². The molecular formula is C12H10ClN3O3S. The standard InChI is InChI=1S/C12H10ClN3O3S/c1-7-4-9(16(18)19)2-3-10(7)11(17)15-12-14-8(5-13)6-20-12/h2-4,6H,5H2,1H3,(H,14,15,17). The molecular weight excluding hydrogens is 302 g/mol. The van der Waals surface area contributed by atoms with E-state index in [1.165, 1.54) is 29.5 Å². The van der Waals surface area contributed by atoms with Crippen molar-refractivity contribution < 1.29 is 9.72 Å². The minimum Gasteiger partial charge on any atom is -0.298 e. The summed E-state index contributed by atoms with van der Waals surface area (Å²) in [6, 6.07) is 4.09. The zero-order valence-corrected chi connectivity index (χ0v) is 12.0. The average Bonchev–Trinajstić information content (AvgIpc) is 2.85. The summed E-state index contributed by atoms with van der Waals surface area (Å²) >= 11 is 6.91. The number of anilines is 1. The SMILES string of the molecule is Cc1cc([N+](=O)[O-])ccc1C(=O)Nc1nc(CCl)cs1. The van der Waals surface area contributed by atoms with Gasteiger partial charge in [-0.15, -0.1) is 22.9 Å². The first-order valence-corrected chi connectivity index (χ1v) is 6.99. The number of aryl methyl sites for hydroxylation is 1. The van der Waals surface area contributed by atoms with Crippen LogP contribution in [0.4, 0.5) is 10.8 Å². The van der Waals surface area contributed by atoms with Gasteiger partial charge in [0.1, 0.15) is 0 Å². The molecule has 0 aliphatic rings. The van der Waals surface area contributed by atoms with Crippen molar-refractivity contribution in [3.05, 3.63) is 50.5 Å². The molecule has 0 spiro atoms. The number of nitro benzene ring substituents is 1. The predicted octanol–water partition coefficient (Wildman–Crippen LogP) is 3.35. The average molecular weight is 312 g/mol. The van der Waals surface area contributed by atoms with Gasteiger partial charge in [-0.05, 0) is 18.6 Å². The summed E-state index contributed by atoms with van der Waals surface area (Å²) in [6.45, 7) is 1.65. The number of nitrogens with zero attached hydrogens (tertiary/aromatic N) is 2. The lowest BCUT2D eigenvalue weighted by Crippen LogP contribution is -2.13. The summed E-state index contributed by atoms with van der Waals surface area (Å²) < 4.78 is 0. The Morgan fingerprint density at radius 1 is 1.55 bits per heavy atom. The molecule has 1 N–H and O–H groups in total. The summed E-state index contributed by atoms with van der Waals surface area (Å²) in [5, 5.41) is 15.5. The maximum absolute atomic E-state index is 12.1. The van der Waals surface area contributed by atoms with Gasteiger partial charge < -0.3 is 0 Å². The van der Waals surface area contributed by atoms with Crippen LogP contribution in [0.2, 0.25) is 0 Å². The molecule has 0 radical (unpaired) electrons. The quantitative estimate of drug-likeness (QED) is 0.533. The van der Waals surface area contributed by atoms with Gasteiger partial charge in [0.05, 0.1) is 16.5 Å². The number of aromatic nitrogens is 1. The molecule has 2 rings (SSSR count). The fraction of sp³-hybridized carbons (Fsp3) is 0.167. The van der Waals surface area contributed by atoms with Gasteiger partial charge >= 0.3 is 0 Å². The van der Waals surface area contributed by atoms with E-state index in [0.717, 1.165) is 0 Å². The number of benzene rings is 1. The highest BCUT2D eigenvalue weighted by molar-refractivity contribution is 7.14. The molecule has 0 bridgehead atoms. The van der Waals surface area contributed by atoms with Gasteiger partial charge in [0, 0.05) is 23.1 Å². The number of nitro groups is 1. The zero-order valence-electron chi connectivity index (χ0n) is 10.4. The van der Waals surface area contributed by atoms with E-state index >= 15 is 0 Å². The van der Waals surface area contributed by atoms with Crippen molar-refractivity contribution in [3.63, 3.8) is 0 Å². The maximum atomic E-state index is 12.1. The first kappa shape index (κ1) is 14.4. The van der Waals surface area contributed by atoms with Gasteiger partial charge in [-0.3, -0.25) is 20.2 Å². The van der Waals surface area contributed by atoms with Gasteiger partial charge in [-0.1, -0.05) is 0 Å². The minimum atomic E-state index is -0.498. The molecule has 0 fully saturated rings. The number of amides is 1. The van der Waals surface area contributed by atoms with Crippen molar-refractivity contribution >= 4 is 39.7 Å². The number of alkyl halides is 1. The van der Waals surface area contributed by atoms with Gasteiger partial charge in [-0.25, -0.2) is 4.98 Å². The number of thiazole rings is 1. The third-order valence-electron chi connectivity index (χ3n) is 2.57. The molecule has 0 aliphatic heterocycles. The van der Waals surface area contributed by atoms with Crippen molar-refractivity contribution in [2.45, 2.75) is 12.8 Å². The lowest BCUT2D eigenvalue weighted by molar-refractivity contribution is -0.384. The molecule has 2 aromatic rings. The fourth-order valence-corrected chi connectivity index (χ4v) is 2.54. The van der Waals surface area contributed by atoms with E-state index in [1.54, 1.807) is 12.3 Å². The van der Waals surface area contributed by atoms with Crippen molar-refractivity contribution in [1.82, 2.24) is 4.98 Å². The topological polar surface area (TPSA) is 85.1 Å². The number of hydrogen-bond donors (Lipinski definition) is 1. The second-order valence-corrected chi connectivity index (χ2v) is 5.11. The van der Waals surface area contributed by atoms with E-state index < -0.39 is 4.92 Å². The number of carbonyl (C=O) groups is 1. The van der Waals surface area contributed by atoms with Crippen LogP contribution < -0.4 is 5.32 Å². The number of hydrogen-bond acceptors (Lipinski definition) is 5. The third-order valence-corrected chi connectivity index (χ3v) is 3.65. The fourth-order valence-electron chi connectivity index (χ4n) is 1.61. The van der Waals surface area contributed by atoms with Crippen molar-refractivity contribution in [3.8, 4) is 0 Å². The first-order chi connectivity index (χ1) is 9.51. The van der Waals surface area contributed by atoms with Crippen LogP contribution in [0.1, 0.15) is 21.6 Å². The number of rotatable bonds is 4. The van der Waals surface area contributed by atoms with Crippen LogP contribution in [0.15, 0.2) is 23.6 Å². The Morgan fingerprint density at radius 3 is 2.85 bits per heavy atom. The molecule has 1 aromatic heterocycles. The van der Waals surface area contributed by atoms with Crippen LogP contribution in [0.3, 0.4) is 0 Å². The molecule has 8 heteroatoms. The summed E-state index contributed by atoms with van der Waals surface area (Å²) in [7, 11) is 0. The Balaban J connectivity index is 2.18. The van der Waals surface area contributed by atoms with Crippen molar-refractivity contribution in [1.29, 1.82) is 0 Å².